The number of hydrogen-bond donors (Lipinski definition) is 0. The molecule has 0 radical (unpaired) electrons. The Morgan fingerprint density at radius 3 is 2.48 bits per heavy atom. The van der Waals surface area contributed by atoms with Gasteiger partial charge in [-0.2, -0.15) is 18.2 Å². The number of aromatic nitrogens is 1. The molecule has 9 heteroatoms. The lowest BCUT2D eigenvalue weighted by atomic mass is 10.2. The Labute approximate surface area is 153 Å². The fraction of sp³-hybridized carbons (Fsp3) is 0.333. The zero-order valence-corrected chi connectivity index (χ0v) is 14.7. The van der Waals surface area contributed by atoms with E-state index in [1.165, 1.54) is 19.2 Å². The van der Waals surface area contributed by atoms with Gasteiger partial charge in [0, 0.05) is 29.8 Å². The number of ether oxygens (including phenoxy) is 3. The number of alkyl halides is 3. The first-order chi connectivity index (χ1) is 12.9. The van der Waals surface area contributed by atoms with Crippen molar-refractivity contribution in [1.29, 1.82) is 0 Å². The average Bonchev–Trinajstić information content (AvgIpc) is 2.65. The van der Waals surface area contributed by atoms with Crippen molar-refractivity contribution in [3.05, 3.63) is 47.1 Å². The number of fused-ring (bicyclic) bond motifs is 1. The molecule has 1 aliphatic rings. The Hall–Kier alpha value is -2.81. The first kappa shape index (κ1) is 19.0. The number of rotatable bonds is 6. The van der Waals surface area contributed by atoms with E-state index in [9.17, 15) is 13.2 Å². The van der Waals surface area contributed by atoms with Crippen LogP contribution in [0, 0.1) is 0 Å². The molecule has 0 saturated heterocycles. The van der Waals surface area contributed by atoms with Gasteiger partial charge in [-0.3, -0.25) is 0 Å². The molecule has 27 heavy (non-hydrogen) atoms. The van der Waals surface area contributed by atoms with Crippen LogP contribution < -0.4 is 25.1 Å². The fourth-order valence-corrected chi connectivity index (χ4v) is 2.49. The number of hydrogen-bond acceptors (Lipinski definition) is 6. The minimum absolute atomic E-state index is 0.129. The van der Waals surface area contributed by atoms with E-state index in [0.29, 0.717) is 23.7 Å². The van der Waals surface area contributed by atoms with Crippen LogP contribution >= 0.6 is 0 Å². The van der Waals surface area contributed by atoms with Crippen molar-refractivity contribution in [3.8, 4) is 11.6 Å². The van der Waals surface area contributed by atoms with Gasteiger partial charge in [-0.15, -0.1) is 0 Å². The molecule has 0 spiro atoms. The van der Waals surface area contributed by atoms with E-state index in [1.807, 2.05) is 19.2 Å². The van der Waals surface area contributed by atoms with E-state index in [4.69, 9.17) is 14.2 Å². The highest BCUT2D eigenvalue weighted by molar-refractivity contribution is 5.60. The van der Waals surface area contributed by atoms with Gasteiger partial charge in [0.1, 0.15) is 5.75 Å². The van der Waals surface area contributed by atoms with Crippen LogP contribution in [0.1, 0.15) is 6.92 Å². The summed E-state index contributed by atoms with van der Waals surface area (Å²) in [4.78, 5) is 10.6. The number of methoxy groups -OCH3 is 1. The molecular weight excluding hydrogens is 363 g/mol. The maximum Gasteiger partial charge on any atom is 0.422 e. The standard InChI is InChI=1S/C18H18F3N3O3/c1-3-26-17-23-16-12(4-9-15(22-16)25-2)10-24(17)13-5-7-14(8-6-13)27-11-18(19,20)21/h4-10,17H,3,11H2,1-2H3. The molecule has 1 aromatic carbocycles. The Kier molecular flexibility index (Phi) is 5.50. The Morgan fingerprint density at radius 2 is 1.85 bits per heavy atom. The van der Waals surface area contributed by atoms with Gasteiger partial charge in [0.05, 0.1) is 7.11 Å². The summed E-state index contributed by atoms with van der Waals surface area (Å²) in [5, 5.41) is 0.768. The summed E-state index contributed by atoms with van der Waals surface area (Å²) in [6.07, 6.45) is -3.21. The lowest BCUT2D eigenvalue weighted by molar-refractivity contribution is -0.153. The van der Waals surface area contributed by atoms with Crippen molar-refractivity contribution in [3.63, 3.8) is 0 Å². The molecule has 144 valence electrons. The summed E-state index contributed by atoms with van der Waals surface area (Å²) >= 11 is 0. The molecule has 6 nitrogen and oxygen atoms in total. The number of pyridine rings is 1. The predicted octanol–water partition coefficient (Wildman–Crippen LogP) is 2.23. The zero-order chi connectivity index (χ0) is 19.4. The molecular formula is C18H18F3N3O3. The molecule has 0 saturated carbocycles. The van der Waals surface area contributed by atoms with Crippen LogP contribution in [-0.4, -0.2) is 37.8 Å². The average molecular weight is 381 g/mol. The zero-order valence-electron chi connectivity index (χ0n) is 14.7. The number of anilines is 1. The second kappa shape index (κ2) is 7.83. The molecule has 1 aromatic heterocycles. The maximum absolute atomic E-state index is 12.3. The smallest absolute Gasteiger partial charge is 0.422 e. The second-order valence-electron chi connectivity index (χ2n) is 5.61. The number of halogens is 3. The molecule has 0 amide bonds. The largest absolute Gasteiger partial charge is 0.484 e. The molecule has 2 heterocycles. The van der Waals surface area contributed by atoms with Crippen molar-refractivity contribution in [2.24, 2.45) is 4.99 Å². The van der Waals surface area contributed by atoms with E-state index in [-0.39, 0.29) is 5.75 Å². The highest BCUT2D eigenvalue weighted by Crippen LogP contribution is 2.25. The Morgan fingerprint density at radius 1 is 1.11 bits per heavy atom. The van der Waals surface area contributed by atoms with Crippen LogP contribution in [0.2, 0.25) is 0 Å². The van der Waals surface area contributed by atoms with E-state index in [2.05, 4.69) is 9.98 Å². The summed E-state index contributed by atoms with van der Waals surface area (Å²) in [5.41, 5.74) is 1.19. The van der Waals surface area contributed by atoms with Gasteiger partial charge in [0.25, 0.3) is 0 Å². The van der Waals surface area contributed by atoms with Gasteiger partial charge < -0.3 is 19.1 Å². The number of nitrogens with zero attached hydrogens (tertiary/aromatic N) is 3. The first-order valence-corrected chi connectivity index (χ1v) is 8.20. The third-order valence-corrected chi connectivity index (χ3v) is 3.69. The monoisotopic (exact) mass is 381 g/mol. The van der Waals surface area contributed by atoms with E-state index in [0.717, 1.165) is 5.22 Å². The van der Waals surface area contributed by atoms with Crippen LogP contribution in [0.5, 0.6) is 11.6 Å². The summed E-state index contributed by atoms with van der Waals surface area (Å²) in [7, 11) is 1.52. The molecule has 0 bridgehead atoms. The van der Waals surface area contributed by atoms with Crippen molar-refractivity contribution < 1.29 is 27.4 Å². The van der Waals surface area contributed by atoms with Crippen molar-refractivity contribution in [2.45, 2.75) is 19.5 Å². The lowest BCUT2D eigenvalue weighted by Crippen LogP contribution is -2.44. The first-order valence-electron chi connectivity index (χ1n) is 8.20. The second-order valence-corrected chi connectivity index (χ2v) is 5.61. The predicted molar refractivity (Wildman–Crippen MR) is 91.9 cm³/mol. The topological polar surface area (TPSA) is 56.2 Å². The molecule has 1 unspecified atom stereocenters. The van der Waals surface area contributed by atoms with Crippen LogP contribution in [0.25, 0.3) is 6.20 Å². The molecule has 1 atom stereocenters. The lowest BCUT2D eigenvalue weighted by Gasteiger charge is -2.29. The molecule has 0 fully saturated rings. The van der Waals surface area contributed by atoms with E-state index >= 15 is 0 Å². The third kappa shape index (κ3) is 4.68. The Bertz CT molecular complexity index is 901. The minimum Gasteiger partial charge on any atom is -0.484 e. The van der Waals surface area contributed by atoms with Gasteiger partial charge in [-0.1, -0.05) is 0 Å². The molecule has 0 aliphatic carbocycles. The van der Waals surface area contributed by atoms with Crippen LogP contribution in [0.15, 0.2) is 41.4 Å². The minimum atomic E-state index is -4.38. The normalized spacial score (nSPS) is 16.2. The van der Waals surface area contributed by atoms with Gasteiger partial charge in [0.15, 0.2) is 12.1 Å². The van der Waals surface area contributed by atoms with Crippen molar-refractivity contribution >= 4 is 11.9 Å². The SMILES string of the molecule is CCOC1N=c2nc(OC)ccc2=CN1c1ccc(OCC(F)(F)F)cc1. The van der Waals surface area contributed by atoms with Crippen molar-refractivity contribution in [1.82, 2.24) is 4.98 Å². The van der Waals surface area contributed by atoms with Crippen LogP contribution in [-0.2, 0) is 4.74 Å². The van der Waals surface area contributed by atoms with Gasteiger partial charge in [-0.05, 0) is 37.3 Å². The summed E-state index contributed by atoms with van der Waals surface area (Å²) < 4.78 is 52.3. The van der Waals surface area contributed by atoms with E-state index < -0.39 is 19.1 Å². The quantitative estimate of drug-likeness (QED) is 0.768. The highest BCUT2D eigenvalue weighted by Gasteiger charge is 2.28. The summed E-state index contributed by atoms with van der Waals surface area (Å²) in [6.45, 7) is 0.931. The number of benzene rings is 1. The highest BCUT2D eigenvalue weighted by atomic mass is 19.4. The van der Waals surface area contributed by atoms with Crippen molar-refractivity contribution in [2.75, 3.05) is 25.2 Å². The fourth-order valence-electron chi connectivity index (χ4n) is 2.49. The van der Waals surface area contributed by atoms with E-state index in [1.54, 1.807) is 23.1 Å². The maximum atomic E-state index is 12.3. The third-order valence-electron chi connectivity index (χ3n) is 3.69. The Balaban J connectivity index is 1.88. The molecule has 1 aliphatic heterocycles. The van der Waals surface area contributed by atoms with Gasteiger partial charge >= 0.3 is 6.18 Å². The van der Waals surface area contributed by atoms with Crippen LogP contribution in [0.4, 0.5) is 18.9 Å². The van der Waals surface area contributed by atoms with Gasteiger partial charge in [-0.25, -0.2) is 4.99 Å². The van der Waals surface area contributed by atoms with Crippen LogP contribution in [0.3, 0.4) is 0 Å². The van der Waals surface area contributed by atoms with Gasteiger partial charge in [0.2, 0.25) is 12.2 Å². The molecule has 2 aromatic rings. The molecule has 0 N–H and O–H groups in total. The summed E-state index contributed by atoms with van der Waals surface area (Å²) in [5.74, 6) is 0.575. The molecule has 3 rings (SSSR count). The summed E-state index contributed by atoms with van der Waals surface area (Å²) in [6, 6.07) is 9.77.